The summed E-state index contributed by atoms with van der Waals surface area (Å²) in [6.07, 6.45) is 1.81. The van der Waals surface area contributed by atoms with Crippen LogP contribution in [-0.2, 0) is 0 Å². The van der Waals surface area contributed by atoms with Crippen LogP contribution in [0.4, 0.5) is 0 Å². The van der Waals surface area contributed by atoms with Crippen LogP contribution in [0.1, 0.15) is 22.7 Å². The topological polar surface area (TPSA) is 50.9 Å². The first-order valence-corrected chi connectivity index (χ1v) is 6.66. The Morgan fingerprint density at radius 3 is 2.70 bits per heavy atom. The number of hydrazine groups is 1. The zero-order chi connectivity index (χ0) is 13.9. The smallest absolute Gasteiger partial charge is 0.0713 e. The lowest BCUT2D eigenvalue weighted by molar-refractivity contribution is 0.634. The average Bonchev–Trinajstić information content (AvgIpc) is 2.50. The summed E-state index contributed by atoms with van der Waals surface area (Å²) in [6, 6.07) is 18.5. The lowest BCUT2D eigenvalue weighted by Crippen LogP contribution is -2.29. The van der Waals surface area contributed by atoms with Gasteiger partial charge in [0.25, 0.3) is 0 Å². The molecule has 20 heavy (non-hydrogen) atoms. The van der Waals surface area contributed by atoms with E-state index in [2.05, 4.69) is 53.7 Å². The van der Waals surface area contributed by atoms with E-state index in [1.807, 2.05) is 24.4 Å². The number of fused-ring (bicyclic) bond motifs is 1. The fourth-order valence-electron chi connectivity index (χ4n) is 2.54. The molecule has 0 spiro atoms. The summed E-state index contributed by atoms with van der Waals surface area (Å²) < 4.78 is 0. The van der Waals surface area contributed by atoms with Gasteiger partial charge in [0.05, 0.1) is 11.6 Å². The summed E-state index contributed by atoms with van der Waals surface area (Å²) in [5, 5.41) is 1.14. The molecule has 3 nitrogen and oxygen atoms in total. The van der Waals surface area contributed by atoms with Crippen LogP contribution in [0.5, 0.6) is 0 Å². The molecule has 0 bridgehead atoms. The number of pyridine rings is 1. The zero-order valence-electron chi connectivity index (χ0n) is 11.4. The Morgan fingerprint density at radius 1 is 1.05 bits per heavy atom. The lowest BCUT2D eigenvalue weighted by Gasteiger charge is -2.19. The highest BCUT2D eigenvalue weighted by atomic mass is 15.2. The Balaban J connectivity index is 2.10. The highest BCUT2D eigenvalue weighted by molar-refractivity contribution is 5.79. The molecule has 1 aromatic heterocycles. The molecule has 0 fully saturated rings. The van der Waals surface area contributed by atoms with Gasteiger partial charge in [-0.3, -0.25) is 10.8 Å². The second kappa shape index (κ2) is 5.41. The molecular weight excluding hydrogens is 246 g/mol. The van der Waals surface area contributed by atoms with Crippen molar-refractivity contribution in [1.82, 2.24) is 10.4 Å². The molecule has 3 heteroatoms. The minimum absolute atomic E-state index is 0.0254. The maximum atomic E-state index is 5.78. The first-order valence-electron chi connectivity index (χ1n) is 6.66. The van der Waals surface area contributed by atoms with Gasteiger partial charge in [-0.2, -0.15) is 0 Å². The number of hydrogen-bond acceptors (Lipinski definition) is 3. The van der Waals surface area contributed by atoms with Crippen molar-refractivity contribution in [1.29, 1.82) is 0 Å². The van der Waals surface area contributed by atoms with Gasteiger partial charge in [-0.1, -0.05) is 42.5 Å². The first kappa shape index (κ1) is 12.8. The van der Waals surface area contributed by atoms with Crippen LogP contribution in [0.3, 0.4) is 0 Å². The number of rotatable bonds is 3. The van der Waals surface area contributed by atoms with Crippen molar-refractivity contribution in [3.05, 3.63) is 77.5 Å². The molecule has 0 aliphatic heterocycles. The molecule has 0 radical (unpaired) electrons. The first-order chi connectivity index (χ1) is 9.79. The second-order valence-corrected chi connectivity index (χ2v) is 4.91. The molecule has 3 N–H and O–H groups in total. The molecule has 1 unspecified atom stereocenters. The molecule has 3 rings (SSSR count). The Bertz CT molecular complexity index is 737. The number of nitrogens with one attached hydrogen (secondary N) is 1. The third kappa shape index (κ3) is 2.29. The van der Waals surface area contributed by atoms with Crippen LogP contribution in [0.15, 0.2) is 60.8 Å². The van der Waals surface area contributed by atoms with Gasteiger partial charge in [0, 0.05) is 11.6 Å². The van der Waals surface area contributed by atoms with Crippen LogP contribution in [0.2, 0.25) is 0 Å². The minimum atomic E-state index is -0.0254. The van der Waals surface area contributed by atoms with Gasteiger partial charge in [-0.05, 0) is 35.7 Å². The number of aryl methyl sites for hydroxylation is 1. The summed E-state index contributed by atoms with van der Waals surface area (Å²) in [7, 11) is 0. The van der Waals surface area contributed by atoms with Crippen molar-refractivity contribution in [2.75, 3.05) is 0 Å². The van der Waals surface area contributed by atoms with E-state index in [9.17, 15) is 0 Å². The molecule has 100 valence electrons. The quantitative estimate of drug-likeness (QED) is 0.564. The maximum Gasteiger partial charge on any atom is 0.0713 e. The number of aromatic nitrogens is 1. The SMILES string of the molecule is Cc1ccccc1C(NN)c1ccc2cccnc2c1. The van der Waals surface area contributed by atoms with Crippen LogP contribution in [-0.4, -0.2) is 4.98 Å². The second-order valence-electron chi connectivity index (χ2n) is 4.91. The van der Waals surface area contributed by atoms with Crippen LogP contribution in [0, 0.1) is 6.92 Å². The summed E-state index contributed by atoms with van der Waals surface area (Å²) in [5.74, 6) is 5.78. The van der Waals surface area contributed by atoms with Crippen LogP contribution >= 0.6 is 0 Å². The molecular formula is C17H17N3. The van der Waals surface area contributed by atoms with E-state index in [1.165, 1.54) is 11.1 Å². The Labute approximate surface area is 118 Å². The third-order valence-electron chi connectivity index (χ3n) is 3.63. The molecule has 3 aromatic rings. The minimum Gasteiger partial charge on any atom is -0.271 e. The molecule has 2 aromatic carbocycles. The Kier molecular flexibility index (Phi) is 3.46. The zero-order valence-corrected chi connectivity index (χ0v) is 11.4. The van der Waals surface area contributed by atoms with E-state index in [1.54, 1.807) is 0 Å². The van der Waals surface area contributed by atoms with Gasteiger partial charge in [-0.15, -0.1) is 0 Å². The van der Waals surface area contributed by atoms with E-state index >= 15 is 0 Å². The molecule has 0 saturated carbocycles. The largest absolute Gasteiger partial charge is 0.271 e. The van der Waals surface area contributed by atoms with Crippen molar-refractivity contribution in [2.24, 2.45) is 5.84 Å². The van der Waals surface area contributed by atoms with E-state index < -0.39 is 0 Å². The maximum absolute atomic E-state index is 5.78. The molecule has 0 saturated heterocycles. The van der Waals surface area contributed by atoms with Gasteiger partial charge in [0.2, 0.25) is 0 Å². The standard InChI is InChI=1S/C17H17N3/c1-12-5-2-3-7-15(12)17(20-18)14-9-8-13-6-4-10-19-16(13)11-14/h2-11,17,20H,18H2,1H3. The van der Waals surface area contributed by atoms with Gasteiger partial charge >= 0.3 is 0 Å². The van der Waals surface area contributed by atoms with Crippen molar-refractivity contribution >= 4 is 10.9 Å². The van der Waals surface area contributed by atoms with Gasteiger partial charge < -0.3 is 0 Å². The highest BCUT2D eigenvalue weighted by Crippen LogP contribution is 2.26. The molecule has 0 amide bonds. The fraction of sp³-hybridized carbons (Fsp3) is 0.118. The third-order valence-corrected chi connectivity index (χ3v) is 3.63. The summed E-state index contributed by atoms with van der Waals surface area (Å²) in [4.78, 5) is 4.41. The normalized spacial score (nSPS) is 12.5. The number of nitrogens with zero attached hydrogens (tertiary/aromatic N) is 1. The van der Waals surface area contributed by atoms with Crippen molar-refractivity contribution in [2.45, 2.75) is 13.0 Å². The molecule has 0 aliphatic rings. The van der Waals surface area contributed by atoms with Gasteiger partial charge in [0.1, 0.15) is 0 Å². The Hall–Kier alpha value is -2.23. The van der Waals surface area contributed by atoms with Crippen molar-refractivity contribution in [3.63, 3.8) is 0 Å². The Morgan fingerprint density at radius 2 is 1.90 bits per heavy atom. The predicted octanol–water partition coefficient (Wildman–Crippen LogP) is 3.10. The number of nitrogens with two attached hydrogens (primary N) is 1. The predicted molar refractivity (Wildman–Crippen MR) is 82.1 cm³/mol. The molecule has 0 aliphatic carbocycles. The van der Waals surface area contributed by atoms with Gasteiger partial charge in [-0.25, -0.2) is 5.43 Å². The van der Waals surface area contributed by atoms with E-state index in [-0.39, 0.29) is 6.04 Å². The van der Waals surface area contributed by atoms with E-state index in [0.29, 0.717) is 0 Å². The highest BCUT2D eigenvalue weighted by Gasteiger charge is 2.14. The summed E-state index contributed by atoms with van der Waals surface area (Å²) >= 11 is 0. The van der Waals surface area contributed by atoms with Crippen LogP contribution in [0.25, 0.3) is 10.9 Å². The van der Waals surface area contributed by atoms with E-state index in [0.717, 1.165) is 16.5 Å². The van der Waals surface area contributed by atoms with E-state index in [4.69, 9.17) is 5.84 Å². The molecule has 1 atom stereocenters. The lowest BCUT2D eigenvalue weighted by atomic mass is 9.95. The molecule has 1 heterocycles. The summed E-state index contributed by atoms with van der Waals surface area (Å²) in [6.45, 7) is 2.10. The van der Waals surface area contributed by atoms with Crippen molar-refractivity contribution < 1.29 is 0 Å². The monoisotopic (exact) mass is 263 g/mol. The van der Waals surface area contributed by atoms with Crippen molar-refractivity contribution in [3.8, 4) is 0 Å². The fourth-order valence-corrected chi connectivity index (χ4v) is 2.54. The number of hydrogen-bond donors (Lipinski definition) is 2. The summed E-state index contributed by atoms with van der Waals surface area (Å²) in [5.41, 5.74) is 7.42. The van der Waals surface area contributed by atoms with Crippen LogP contribution < -0.4 is 11.3 Å². The van der Waals surface area contributed by atoms with Gasteiger partial charge in [0.15, 0.2) is 0 Å². The number of benzene rings is 2. The average molecular weight is 263 g/mol.